The highest BCUT2D eigenvalue weighted by Gasteiger charge is 2.11. The zero-order chi connectivity index (χ0) is 12.8. The van der Waals surface area contributed by atoms with Crippen LogP contribution in [0.3, 0.4) is 0 Å². The maximum Gasteiger partial charge on any atom is 0.330 e. The van der Waals surface area contributed by atoms with E-state index >= 15 is 0 Å². The van der Waals surface area contributed by atoms with E-state index in [4.69, 9.17) is 5.73 Å². The van der Waals surface area contributed by atoms with Crippen LogP contribution in [0.5, 0.6) is 0 Å². The van der Waals surface area contributed by atoms with E-state index in [1.54, 1.807) is 6.92 Å². The SMILES string of the molecule is CCOC(=O)C=Cc1ccc(N)cc1[N+](=O)[O-]. The van der Waals surface area contributed by atoms with Gasteiger partial charge in [0.2, 0.25) is 0 Å². The fourth-order valence-corrected chi connectivity index (χ4v) is 1.21. The summed E-state index contributed by atoms with van der Waals surface area (Å²) in [7, 11) is 0. The summed E-state index contributed by atoms with van der Waals surface area (Å²) in [4.78, 5) is 21.3. The number of nitrogens with two attached hydrogens (primary N) is 1. The third kappa shape index (κ3) is 3.60. The molecule has 1 aromatic rings. The van der Waals surface area contributed by atoms with E-state index in [0.29, 0.717) is 11.3 Å². The van der Waals surface area contributed by atoms with E-state index in [9.17, 15) is 14.9 Å². The number of nitrogens with zero attached hydrogens (tertiary/aromatic N) is 1. The quantitative estimate of drug-likeness (QED) is 0.282. The molecule has 0 aromatic heterocycles. The van der Waals surface area contributed by atoms with Gasteiger partial charge in [-0.2, -0.15) is 0 Å². The summed E-state index contributed by atoms with van der Waals surface area (Å²) in [6.45, 7) is 1.93. The Morgan fingerprint density at radius 3 is 2.88 bits per heavy atom. The number of carbonyl (C=O) groups excluding carboxylic acids is 1. The second kappa shape index (κ2) is 5.64. The largest absolute Gasteiger partial charge is 0.463 e. The molecule has 0 aliphatic heterocycles. The molecule has 0 bridgehead atoms. The Hall–Kier alpha value is -2.37. The van der Waals surface area contributed by atoms with Crippen molar-refractivity contribution >= 4 is 23.4 Å². The summed E-state index contributed by atoms with van der Waals surface area (Å²) in [5.74, 6) is -0.543. The first kappa shape index (κ1) is 12.7. The minimum Gasteiger partial charge on any atom is -0.463 e. The predicted octanol–water partition coefficient (Wildman–Crippen LogP) is 1.75. The molecule has 2 N–H and O–H groups in total. The zero-order valence-corrected chi connectivity index (χ0v) is 9.25. The van der Waals surface area contributed by atoms with E-state index in [1.165, 1.54) is 24.3 Å². The lowest BCUT2D eigenvalue weighted by Crippen LogP contribution is -1.99. The molecule has 1 aromatic carbocycles. The molecule has 0 heterocycles. The van der Waals surface area contributed by atoms with Gasteiger partial charge in [-0.3, -0.25) is 10.1 Å². The molecule has 0 radical (unpaired) electrons. The maximum absolute atomic E-state index is 11.1. The van der Waals surface area contributed by atoms with Gasteiger partial charge >= 0.3 is 5.97 Å². The monoisotopic (exact) mass is 236 g/mol. The first-order valence-corrected chi connectivity index (χ1v) is 4.93. The third-order valence-corrected chi connectivity index (χ3v) is 1.94. The van der Waals surface area contributed by atoms with Gasteiger partial charge in [-0.1, -0.05) is 0 Å². The number of nitro benzene ring substituents is 1. The summed E-state index contributed by atoms with van der Waals surface area (Å²) in [6.07, 6.45) is 2.47. The third-order valence-electron chi connectivity index (χ3n) is 1.94. The zero-order valence-electron chi connectivity index (χ0n) is 9.25. The smallest absolute Gasteiger partial charge is 0.330 e. The minimum absolute atomic E-state index is 0.148. The summed E-state index contributed by atoms with van der Waals surface area (Å²) < 4.78 is 4.67. The van der Waals surface area contributed by atoms with Gasteiger partial charge in [0, 0.05) is 17.8 Å². The number of benzene rings is 1. The van der Waals surface area contributed by atoms with Gasteiger partial charge in [-0.25, -0.2) is 4.79 Å². The maximum atomic E-state index is 11.1. The molecule has 1 rings (SSSR count). The van der Waals surface area contributed by atoms with E-state index in [-0.39, 0.29) is 12.3 Å². The first-order chi connectivity index (χ1) is 8.04. The van der Waals surface area contributed by atoms with Crippen molar-refractivity contribution < 1.29 is 14.5 Å². The van der Waals surface area contributed by atoms with Gasteiger partial charge in [0.1, 0.15) is 0 Å². The van der Waals surface area contributed by atoms with Crippen molar-refractivity contribution in [3.8, 4) is 0 Å². The van der Waals surface area contributed by atoms with Gasteiger partial charge in [-0.05, 0) is 25.1 Å². The van der Waals surface area contributed by atoms with Gasteiger partial charge in [0.15, 0.2) is 0 Å². The molecule has 0 atom stereocenters. The normalized spacial score (nSPS) is 10.4. The molecule has 0 aliphatic carbocycles. The Kier molecular flexibility index (Phi) is 4.21. The molecule has 6 nitrogen and oxygen atoms in total. The standard InChI is InChI=1S/C11H12N2O4/c1-2-17-11(14)6-4-8-3-5-9(12)7-10(8)13(15)16/h3-7H,2,12H2,1H3. The lowest BCUT2D eigenvalue weighted by molar-refractivity contribution is -0.385. The van der Waals surface area contributed by atoms with E-state index in [0.717, 1.165) is 6.08 Å². The fourth-order valence-electron chi connectivity index (χ4n) is 1.21. The average Bonchev–Trinajstić information content (AvgIpc) is 2.27. The molecule has 0 spiro atoms. The van der Waals surface area contributed by atoms with Crippen LogP contribution in [-0.2, 0) is 9.53 Å². The Balaban J connectivity index is 2.98. The number of nitro groups is 1. The predicted molar refractivity (Wildman–Crippen MR) is 63.2 cm³/mol. The summed E-state index contributed by atoms with van der Waals surface area (Å²) >= 11 is 0. The van der Waals surface area contributed by atoms with Crippen LogP contribution < -0.4 is 5.73 Å². The van der Waals surface area contributed by atoms with Gasteiger partial charge in [0.25, 0.3) is 5.69 Å². The molecule has 0 saturated heterocycles. The van der Waals surface area contributed by atoms with Gasteiger partial charge in [0.05, 0.1) is 17.1 Å². The second-order valence-electron chi connectivity index (χ2n) is 3.16. The molecule has 0 unspecified atom stereocenters. The van der Waals surface area contributed by atoms with Crippen molar-refractivity contribution in [2.75, 3.05) is 12.3 Å². The topological polar surface area (TPSA) is 95.5 Å². The van der Waals surface area contributed by atoms with Crippen molar-refractivity contribution in [3.63, 3.8) is 0 Å². The van der Waals surface area contributed by atoms with Gasteiger partial charge < -0.3 is 10.5 Å². The van der Waals surface area contributed by atoms with E-state index < -0.39 is 10.9 Å². The van der Waals surface area contributed by atoms with Crippen molar-refractivity contribution in [1.29, 1.82) is 0 Å². The number of ether oxygens (including phenoxy) is 1. The number of rotatable bonds is 4. The Morgan fingerprint density at radius 1 is 1.59 bits per heavy atom. The minimum atomic E-state index is -0.554. The molecule has 17 heavy (non-hydrogen) atoms. The van der Waals surface area contributed by atoms with E-state index in [1.807, 2.05) is 0 Å². The Labute approximate surface area is 97.8 Å². The molecule has 90 valence electrons. The highest BCUT2D eigenvalue weighted by atomic mass is 16.6. The first-order valence-electron chi connectivity index (χ1n) is 4.93. The van der Waals surface area contributed by atoms with Crippen LogP contribution >= 0.6 is 0 Å². The molecular formula is C11H12N2O4. The van der Waals surface area contributed by atoms with Crippen LogP contribution in [0.15, 0.2) is 24.3 Å². The van der Waals surface area contributed by atoms with Crippen LogP contribution in [0.1, 0.15) is 12.5 Å². The lowest BCUT2D eigenvalue weighted by Gasteiger charge is -1.99. The summed E-state index contributed by atoms with van der Waals surface area (Å²) in [5, 5.41) is 10.7. The van der Waals surface area contributed by atoms with Crippen LogP contribution in [0.25, 0.3) is 6.08 Å². The highest BCUT2D eigenvalue weighted by Crippen LogP contribution is 2.22. The molecule has 0 fully saturated rings. The van der Waals surface area contributed by atoms with Crippen molar-refractivity contribution in [2.45, 2.75) is 6.92 Å². The molecular weight excluding hydrogens is 224 g/mol. The molecule has 0 aliphatic rings. The Bertz CT molecular complexity index is 469. The van der Waals surface area contributed by atoms with Crippen molar-refractivity contribution in [2.24, 2.45) is 0 Å². The molecule has 0 saturated carbocycles. The number of nitrogen functional groups attached to an aromatic ring is 1. The number of esters is 1. The lowest BCUT2D eigenvalue weighted by atomic mass is 10.1. The Morgan fingerprint density at radius 2 is 2.29 bits per heavy atom. The van der Waals surface area contributed by atoms with Crippen molar-refractivity contribution in [3.05, 3.63) is 40.0 Å². The van der Waals surface area contributed by atoms with Crippen LogP contribution in [0.4, 0.5) is 11.4 Å². The molecule has 6 heteroatoms. The number of hydrogen-bond acceptors (Lipinski definition) is 5. The number of anilines is 1. The summed E-state index contributed by atoms with van der Waals surface area (Å²) in [5.41, 5.74) is 5.90. The molecule has 0 amide bonds. The fraction of sp³-hybridized carbons (Fsp3) is 0.182. The second-order valence-corrected chi connectivity index (χ2v) is 3.16. The highest BCUT2D eigenvalue weighted by molar-refractivity contribution is 5.88. The van der Waals surface area contributed by atoms with Crippen molar-refractivity contribution in [1.82, 2.24) is 0 Å². The van der Waals surface area contributed by atoms with Crippen LogP contribution in [0, 0.1) is 10.1 Å². The number of carbonyl (C=O) groups is 1. The van der Waals surface area contributed by atoms with E-state index in [2.05, 4.69) is 4.74 Å². The van der Waals surface area contributed by atoms with Crippen LogP contribution in [-0.4, -0.2) is 17.5 Å². The summed E-state index contributed by atoms with van der Waals surface area (Å²) in [6, 6.07) is 4.24. The number of hydrogen-bond donors (Lipinski definition) is 1. The average molecular weight is 236 g/mol. The van der Waals surface area contributed by atoms with Crippen LogP contribution in [0.2, 0.25) is 0 Å². The van der Waals surface area contributed by atoms with Gasteiger partial charge in [-0.15, -0.1) is 0 Å².